The Bertz CT molecular complexity index is 1390. The molecule has 5 rings (SSSR count). The maximum atomic E-state index is 13.4. The van der Waals surface area contributed by atoms with Crippen molar-refractivity contribution in [1.82, 2.24) is 10.3 Å². The summed E-state index contributed by atoms with van der Waals surface area (Å²) in [5.41, 5.74) is 1.83. The van der Waals surface area contributed by atoms with Gasteiger partial charge in [-0.2, -0.15) is 13.2 Å². The van der Waals surface area contributed by atoms with E-state index in [9.17, 15) is 22.8 Å². The molecule has 1 aromatic heterocycles. The summed E-state index contributed by atoms with van der Waals surface area (Å²) in [6, 6.07) is 12.7. The molecule has 1 fully saturated rings. The van der Waals surface area contributed by atoms with Crippen LogP contribution in [0.25, 0.3) is 0 Å². The molecule has 0 radical (unpaired) electrons. The van der Waals surface area contributed by atoms with Gasteiger partial charge in [-0.1, -0.05) is 6.07 Å². The number of alkyl halides is 3. The first-order valence-corrected chi connectivity index (χ1v) is 12.9. The van der Waals surface area contributed by atoms with Gasteiger partial charge in [-0.05, 0) is 92.2 Å². The van der Waals surface area contributed by atoms with Gasteiger partial charge in [-0.15, -0.1) is 0 Å². The lowest BCUT2D eigenvalue weighted by Gasteiger charge is -2.25. The number of pyridine rings is 1. The second-order valence-electron chi connectivity index (χ2n) is 10.0. The molecular weight excluding hydrogens is 509 g/mol. The van der Waals surface area contributed by atoms with Gasteiger partial charge < -0.3 is 20.7 Å². The summed E-state index contributed by atoms with van der Waals surface area (Å²) in [4.78, 5) is 29.3. The third kappa shape index (κ3) is 6.75. The number of hydrogen-bond acceptors (Lipinski definition) is 5. The molecule has 3 N–H and O–H groups in total. The summed E-state index contributed by atoms with van der Waals surface area (Å²) in [6.45, 7) is 0.248. The normalized spacial score (nSPS) is 16.8. The Hall–Kier alpha value is -3.92. The van der Waals surface area contributed by atoms with Gasteiger partial charge in [-0.3, -0.25) is 9.59 Å². The predicted molar refractivity (Wildman–Crippen MR) is 140 cm³/mol. The third-order valence-electron chi connectivity index (χ3n) is 6.91. The zero-order valence-corrected chi connectivity index (χ0v) is 21.4. The van der Waals surface area contributed by atoms with Crippen molar-refractivity contribution in [3.63, 3.8) is 0 Å². The summed E-state index contributed by atoms with van der Waals surface area (Å²) in [7, 11) is 1.65. The number of amides is 2. The number of fused-ring (bicyclic) bond motifs is 1. The van der Waals surface area contributed by atoms with Crippen molar-refractivity contribution in [1.29, 1.82) is 0 Å². The second kappa shape index (κ2) is 11.1. The Kier molecular flexibility index (Phi) is 7.56. The Morgan fingerprint density at radius 1 is 0.923 bits per heavy atom. The number of rotatable bonds is 8. The average molecular weight is 539 g/mol. The van der Waals surface area contributed by atoms with Crippen LogP contribution in [-0.2, 0) is 35.2 Å². The van der Waals surface area contributed by atoms with Crippen LogP contribution < -0.4 is 20.7 Å². The zero-order valence-electron chi connectivity index (χ0n) is 21.4. The molecule has 2 aliphatic carbocycles. The van der Waals surface area contributed by atoms with E-state index < -0.39 is 11.7 Å². The number of nitrogens with zero attached hydrogens (tertiary/aromatic N) is 1. The van der Waals surface area contributed by atoms with Gasteiger partial charge in [-0.25, -0.2) is 4.98 Å². The van der Waals surface area contributed by atoms with E-state index >= 15 is 0 Å². The fourth-order valence-corrected chi connectivity index (χ4v) is 4.75. The van der Waals surface area contributed by atoms with E-state index in [0.29, 0.717) is 42.1 Å². The highest BCUT2D eigenvalue weighted by Crippen LogP contribution is 2.34. The molecule has 1 saturated carbocycles. The van der Waals surface area contributed by atoms with Crippen LogP contribution >= 0.6 is 0 Å². The van der Waals surface area contributed by atoms with Crippen LogP contribution in [0.1, 0.15) is 41.5 Å². The molecule has 39 heavy (non-hydrogen) atoms. The number of halogens is 3. The van der Waals surface area contributed by atoms with Crippen molar-refractivity contribution in [2.24, 2.45) is 11.8 Å². The molecule has 0 aliphatic heterocycles. The highest BCUT2D eigenvalue weighted by molar-refractivity contribution is 5.93. The summed E-state index contributed by atoms with van der Waals surface area (Å²) in [5.74, 6) is 0.837. The lowest BCUT2D eigenvalue weighted by Crippen LogP contribution is -2.28. The van der Waals surface area contributed by atoms with Crippen LogP contribution in [0.2, 0.25) is 0 Å². The lowest BCUT2D eigenvalue weighted by molar-refractivity contribution is -0.137. The van der Waals surface area contributed by atoms with E-state index in [1.807, 2.05) is 18.2 Å². The fourth-order valence-electron chi connectivity index (χ4n) is 4.75. The zero-order chi connectivity index (χ0) is 27.6. The molecule has 0 bridgehead atoms. The van der Waals surface area contributed by atoms with Gasteiger partial charge in [0, 0.05) is 36.3 Å². The molecule has 2 aromatic carbocycles. The van der Waals surface area contributed by atoms with Crippen LogP contribution in [0.3, 0.4) is 0 Å². The molecule has 0 unspecified atom stereocenters. The molecule has 10 heteroatoms. The highest BCUT2D eigenvalue weighted by Gasteiger charge is 2.32. The number of aryl methyl sites for hydroxylation is 1. The molecular formula is C29H29F3N4O3. The maximum absolute atomic E-state index is 13.4. The van der Waals surface area contributed by atoms with Crippen LogP contribution in [-0.4, -0.2) is 23.8 Å². The van der Waals surface area contributed by atoms with E-state index in [2.05, 4.69) is 20.9 Å². The number of hydrogen-bond donors (Lipinski definition) is 3. The number of carbonyl (C=O) groups is 2. The Balaban J connectivity index is 1.26. The second-order valence-corrected chi connectivity index (χ2v) is 10.0. The molecule has 2 aliphatic rings. The molecule has 0 saturated heterocycles. The largest absolute Gasteiger partial charge is 0.457 e. The Morgan fingerprint density at radius 3 is 2.44 bits per heavy atom. The molecule has 1 heterocycles. The van der Waals surface area contributed by atoms with E-state index in [-0.39, 0.29) is 35.9 Å². The highest BCUT2D eigenvalue weighted by atomic mass is 19.4. The Labute approximate surface area is 224 Å². The van der Waals surface area contributed by atoms with Gasteiger partial charge in [0.2, 0.25) is 11.8 Å². The van der Waals surface area contributed by atoms with Gasteiger partial charge in [0.25, 0.3) is 0 Å². The standard InChI is InChI=1S/C29H29F3N4O3/c1-33-16-17-10-22(29(30,31)32)14-23(11-17)35-28(38)20-5-2-18-6-7-24(13-21(18)12-20)39-25-8-9-34-26(15-25)36-27(37)19-3-4-19/h6-11,13-15,19-20,33H,2-5,12,16H2,1H3,(H,35,38)(H,34,36,37)/t20-/m0/s1. The van der Waals surface area contributed by atoms with Crippen molar-refractivity contribution < 1.29 is 27.5 Å². The summed E-state index contributed by atoms with van der Waals surface area (Å²) in [6.07, 6.45) is 0.554. The first kappa shape index (κ1) is 26.7. The van der Waals surface area contributed by atoms with E-state index in [1.165, 1.54) is 0 Å². The van der Waals surface area contributed by atoms with Gasteiger partial charge in [0.05, 0.1) is 5.56 Å². The van der Waals surface area contributed by atoms with Crippen molar-refractivity contribution in [2.45, 2.75) is 44.8 Å². The van der Waals surface area contributed by atoms with Gasteiger partial charge >= 0.3 is 6.18 Å². The molecule has 7 nitrogen and oxygen atoms in total. The topological polar surface area (TPSA) is 92.3 Å². The van der Waals surface area contributed by atoms with Crippen LogP contribution in [0.5, 0.6) is 11.5 Å². The maximum Gasteiger partial charge on any atom is 0.416 e. The van der Waals surface area contributed by atoms with Crippen LogP contribution in [0, 0.1) is 11.8 Å². The number of benzene rings is 2. The smallest absolute Gasteiger partial charge is 0.416 e. The summed E-state index contributed by atoms with van der Waals surface area (Å²) in [5, 5.41) is 8.35. The van der Waals surface area contributed by atoms with Crippen molar-refractivity contribution in [2.75, 3.05) is 17.7 Å². The predicted octanol–water partition coefficient (Wildman–Crippen LogP) is 5.70. The molecule has 0 spiro atoms. The minimum atomic E-state index is -4.51. The molecule has 2 amide bonds. The summed E-state index contributed by atoms with van der Waals surface area (Å²) < 4.78 is 46.2. The SMILES string of the molecule is CNCc1cc(NC(=O)[C@H]2CCc3ccc(Oc4ccnc(NC(=O)C5CC5)c4)cc3C2)cc(C(F)(F)F)c1. The molecule has 3 aromatic rings. The number of ether oxygens (including phenoxy) is 1. The van der Waals surface area contributed by atoms with Crippen molar-refractivity contribution in [3.8, 4) is 11.5 Å². The minimum absolute atomic E-state index is 0.0406. The average Bonchev–Trinajstić information content (AvgIpc) is 3.74. The monoisotopic (exact) mass is 538 g/mol. The fraction of sp³-hybridized carbons (Fsp3) is 0.345. The van der Waals surface area contributed by atoms with Crippen molar-refractivity contribution >= 4 is 23.3 Å². The van der Waals surface area contributed by atoms with E-state index in [1.54, 1.807) is 31.4 Å². The number of aromatic nitrogens is 1. The van der Waals surface area contributed by atoms with Crippen molar-refractivity contribution in [3.05, 3.63) is 77.0 Å². The third-order valence-corrected chi connectivity index (χ3v) is 6.91. The Morgan fingerprint density at radius 2 is 1.69 bits per heavy atom. The van der Waals surface area contributed by atoms with Crippen LogP contribution in [0.4, 0.5) is 24.7 Å². The molecule has 1 atom stereocenters. The number of carbonyl (C=O) groups excluding carboxylic acids is 2. The van der Waals surface area contributed by atoms with E-state index in [0.717, 1.165) is 36.1 Å². The van der Waals surface area contributed by atoms with Gasteiger partial charge in [0.1, 0.15) is 17.3 Å². The number of nitrogens with one attached hydrogen (secondary N) is 3. The number of anilines is 2. The van der Waals surface area contributed by atoms with Gasteiger partial charge in [0.15, 0.2) is 0 Å². The van der Waals surface area contributed by atoms with E-state index in [4.69, 9.17) is 4.74 Å². The quantitative estimate of drug-likeness (QED) is 0.342. The first-order valence-electron chi connectivity index (χ1n) is 12.9. The minimum Gasteiger partial charge on any atom is -0.457 e. The summed E-state index contributed by atoms with van der Waals surface area (Å²) >= 11 is 0. The van der Waals surface area contributed by atoms with Crippen LogP contribution in [0.15, 0.2) is 54.7 Å². The molecule has 204 valence electrons. The first-order chi connectivity index (χ1) is 18.7. The lowest BCUT2D eigenvalue weighted by atomic mass is 9.83.